The van der Waals surface area contributed by atoms with Crippen LogP contribution in [0.1, 0.15) is 33.9 Å². The zero-order valence-corrected chi connectivity index (χ0v) is 15.8. The van der Waals surface area contributed by atoms with Gasteiger partial charge in [-0.25, -0.2) is 14.6 Å². The van der Waals surface area contributed by atoms with Gasteiger partial charge in [0.05, 0.1) is 12.1 Å². The van der Waals surface area contributed by atoms with Crippen molar-refractivity contribution in [2.75, 3.05) is 5.32 Å². The van der Waals surface area contributed by atoms with Crippen molar-refractivity contribution >= 4 is 11.6 Å². The molecule has 3 aromatic rings. The van der Waals surface area contributed by atoms with Crippen molar-refractivity contribution in [3.8, 4) is 5.95 Å². The molecule has 2 heterocycles. The molecule has 0 aliphatic carbocycles. The molecular weight excluding hydrogens is 326 g/mol. The molecule has 134 valence electrons. The lowest BCUT2D eigenvalue weighted by molar-refractivity contribution is -0.115. The monoisotopic (exact) mass is 349 g/mol. The van der Waals surface area contributed by atoms with Gasteiger partial charge >= 0.3 is 0 Å². The third-order valence-corrected chi connectivity index (χ3v) is 4.27. The van der Waals surface area contributed by atoms with Crippen LogP contribution in [0.5, 0.6) is 0 Å². The number of carbonyl (C=O) groups excluding carboxylic acids is 1. The molecular formula is C20H23N5O. The Balaban J connectivity index is 1.83. The third-order valence-electron chi connectivity index (χ3n) is 4.27. The SMILES string of the molecule is Cc1ccc(NC(=O)Cc2c(C)nn(-c3nc(C)cc(C)n3)c2C)cc1. The summed E-state index contributed by atoms with van der Waals surface area (Å²) in [5.74, 6) is 0.467. The van der Waals surface area contributed by atoms with Gasteiger partial charge in [0.25, 0.3) is 5.95 Å². The van der Waals surface area contributed by atoms with Crippen LogP contribution in [0.25, 0.3) is 5.95 Å². The highest BCUT2D eigenvalue weighted by Crippen LogP contribution is 2.18. The van der Waals surface area contributed by atoms with E-state index >= 15 is 0 Å². The normalized spacial score (nSPS) is 10.8. The molecule has 0 radical (unpaired) electrons. The average molecular weight is 349 g/mol. The van der Waals surface area contributed by atoms with E-state index in [4.69, 9.17) is 0 Å². The minimum atomic E-state index is -0.0686. The van der Waals surface area contributed by atoms with E-state index < -0.39 is 0 Å². The van der Waals surface area contributed by atoms with Crippen molar-refractivity contribution < 1.29 is 4.79 Å². The van der Waals surface area contributed by atoms with E-state index in [9.17, 15) is 4.79 Å². The Labute approximate surface area is 153 Å². The zero-order valence-electron chi connectivity index (χ0n) is 15.8. The van der Waals surface area contributed by atoms with Crippen LogP contribution in [0, 0.1) is 34.6 Å². The summed E-state index contributed by atoms with van der Waals surface area (Å²) in [6.45, 7) is 9.72. The third kappa shape index (κ3) is 3.79. The molecule has 0 saturated carbocycles. The highest BCUT2D eigenvalue weighted by atomic mass is 16.1. The Morgan fingerprint density at radius 3 is 2.23 bits per heavy atom. The van der Waals surface area contributed by atoms with Crippen LogP contribution in [-0.4, -0.2) is 25.7 Å². The summed E-state index contributed by atoms with van der Waals surface area (Å²) < 4.78 is 1.71. The molecule has 0 bridgehead atoms. The van der Waals surface area contributed by atoms with Crippen LogP contribution in [-0.2, 0) is 11.2 Å². The Morgan fingerprint density at radius 2 is 1.62 bits per heavy atom. The first-order chi connectivity index (χ1) is 12.3. The van der Waals surface area contributed by atoms with Crippen molar-refractivity contribution in [1.29, 1.82) is 0 Å². The molecule has 1 amide bonds. The lowest BCUT2D eigenvalue weighted by Gasteiger charge is -2.07. The number of nitrogens with one attached hydrogen (secondary N) is 1. The highest BCUT2D eigenvalue weighted by Gasteiger charge is 2.17. The second kappa shape index (κ2) is 7.07. The van der Waals surface area contributed by atoms with Gasteiger partial charge in [0.2, 0.25) is 5.91 Å². The van der Waals surface area contributed by atoms with Gasteiger partial charge in [0, 0.05) is 28.3 Å². The molecule has 26 heavy (non-hydrogen) atoms. The number of aryl methyl sites for hydroxylation is 4. The maximum Gasteiger partial charge on any atom is 0.251 e. The fourth-order valence-corrected chi connectivity index (χ4v) is 2.93. The summed E-state index contributed by atoms with van der Waals surface area (Å²) in [6.07, 6.45) is 0.260. The largest absolute Gasteiger partial charge is 0.326 e. The van der Waals surface area contributed by atoms with E-state index in [1.54, 1.807) is 4.68 Å². The van der Waals surface area contributed by atoms with Gasteiger partial charge in [0.15, 0.2) is 0 Å². The van der Waals surface area contributed by atoms with E-state index in [0.717, 1.165) is 39.6 Å². The highest BCUT2D eigenvalue weighted by molar-refractivity contribution is 5.92. The van der Waals surface area contributed by atoms with E-state index in [1.165, 1.54) is 0 Å². The van der Waals surface area contributed by atoms with E-state index in [0.29, 0.717) is 5.95 Å². The standard InChI is InChI=1S/C20H23N5O/c1-12-6-8-17(9-7-12)23-19(26)11-18-15(4)24-25(16(18)5)20-21-13(2)10-14(3)22-20/h6-10H,11H2,1-5H3,(H,23,26). The molecule has 1 N–H and O–H groups in total. The van der Waals surface area contributed by atoms with E-state index in [-0.39, 0.29) is 12.3 Å². The van der Waals surface area contributed by atoms with Crippen LogP contribution in [0.15, 0.2) is 30.3 Å². The van der Waals surface area contributed by atoms with Crippen molar-refractivity contribution in [3.63, 3.8) is 0 Å². The summed E-state index contributed by atoms with van der Waals surface area (Å²) in [6, 6.07) is 9.67. The van der Waals surface area contributed by atoms with Crippen LogP contribution < -0.4 is 5.32 Å². The first-order valence-electron chi connectivity index (χ1n) is 8.58. The van der Waals surface area contributed by atoms with Crippen molar-refractivity contribution in [1.82, 2.24) is 19.7 Å². The van der Waals surface area contributed by atoms with Gasteiger partial charge < -0.3 is 5.32 Å². The smallest absolute Gasteiger partial charge is 0.251 e. The molecule has 0 fully saturated rings. The van der Waals surface area contributed by atoms with Crippen LogP contribution in [0.3, 0.4) is 0 Å². The second-order valence-corrected chi connectivity index (χ2v) is 6.60. The Bertz CT molecular complexity index is 937. The molecule has 0 unspecified atom stereocenters. The van der Waals surface area contributed by atoms with Crippen LogP contribution in [0.4, 0.5) is 5.69 Å². The van der Waals surface area contributed by atoms with Crippen LogP contribution in [0.2, 0.25) is 0 Å². The maximum atomic E-state index is 12.4. The number of amides is 1. The van der Waals surface area contributed by atoms with Crippen molar-refractivity contribution in [3.05, 3.63) is 64.2 Å². The van der Waals surface area contributed by atoms with Gasteiger partial charge in [-0.2, -0.15) is 5.10 Å². The number of hydrogen-bond donors (Lipinski definition) is 1. The predicted molar refractivity (Wildman–Crippen MR) is 102 cm³/mol. The fraction of sp³-hybridized carbons (Fsp3) is 0.300. The number of carbonyl (C=O) groups is 1. The lowest BCUT2D eigenvalue weighted by atomic mass is 10.1. The van der Waals surface area contributed by atoms with Gasteiger partial charge in [0.1, 0.15) is 0 Å². The summed E-state index contributed by atoms with van der Waals surface area (Å²) >= 11 is 0. The van der Waals surface area contributed by atoms with Crippen LogP contribution >= 0.6 is 0 Å². The van der Waals surface area contributed by atoms with Gasteiger partial charge in [-0.1, -0.05) is 17.7 Å². The quantitative estimate of drug-likeness (QED) is 0.784. The molecule has 0 atom stereocenters. The maximum absolute atomic E-state index is 12.4. The summed E-state index contributed by atoms with van der Waals surface area (Å²) in [5.41, 5.74) is 6.32. The summed E-state index contributed by atoms with van der Waals surface area (Å²) in [5, 5.41) is 7.48. The number of anilines is 1. The number of hydrogen-bond acceptors (Lipinski definition) is 4. The minimum Gasteiger partial charge on any atom is -0.326 e. The second-order valence-electron chi connectivity index (χ2n) is 6.60. The zero-order chi connectivity index (χ0) is 18.8. The molecule has 6 heteroatoms. The molecule has 3 rings (SSSR count). The molecule has 0 aliphatic heterocycles. The molecule has 6 nitrogen and oxygen atoms in total. The van der Waals surface area contributed by atoms with Gasteiger partial charge in [-0.3, -0.25) is 4.79 Å². The molecule has 0 saturated heterocycles. The molecule has 0 aliphatic rings. The summed E-state index contributed by atoms with van der Waals surface area (Å²) in [4.78, 5) is 21.4. The number of nitrogens with zero attached hydrogens (tertiary/aromatic N) is 4. The topological polar surface area (TPSA) is 72.7 Å². The number of benzene rings is 1. The van der Waals surface area contributed by atoms with Gasteiger partial charge in [-0.05, 0) is 52.8 Å². The molecule has 2 aromatic heterocycles. The number of aromatic nitrogens is 4. The Kier molecular flexibility index (Phi) is 4.84. The predicted octanol–water partition coefficient (Wildman–Crippen LogP) is 3.39. The fourth-order valence-electron chi connectivity index (χ4n) is 2.93. The van der Waals surface area contributed by atoms with E-state index in [1.807, 2.05) is 65.0 Å². The minimum absolute atomic E-state index is 0.0686. The van der Waals surface area contributed by atoms with Crippen molar-refractivity contribution in [2.45, 2.75) is 41.0 Å². The first kappa shape index (κ1) is 17.8. The van der Waals surface area contributed by atoms with Crippen molar-refractivity contribution in [2.24, 2.45) is 0 Å². The lowest BCUT2D eigenvalue weighted by Crippen LogP contribution is -2.15. The van der Waals surface area contributed by atoms with E-state index in [2.05, 4.69) is 20.4 Å². The number of rotatable bonds is 4. The first-order valence-corrected chi connectivity index (χ1v) is 8.58. The Hall–Kier alpha value is -3.02. The van der Waals surface area contributed by atoms with Gasteiger partial charge in [-0.15, -0.1) is 0 Å². The molecule has 0 spiro atoms. The average Bonchev–Trinajstić information content (AvgIpc) is 2.84. The molecule has 1 aromatic carbocycles. The Morgan fingerprint density at radius 1 is 1.00 bits per heavy atom. The summed E-state index contributed by atoms with van der Waals surface area (Å²) in [7, 11) is 0.